The molecule has 0 amide bonds. The molecule has 0 spiro atoms. The van der Waals surface area contributed by atoms with Gasteiger partial charge in [0, 0.05) is 0 Å². The van der Waals surface area contributed by atoms with Crippen LogP contribution in [0.5, 0.6) is 5.75 Å². The smallest absolute Gasteiger partial charge is 0.416 e. The Morgan fingerprint density at radius 3 is 2.41 bits per heavy atom. The number of halogens is 4. The van der Waals surface area contributed by atoms with Gasteiger partial charge in [-0.15, -0.1) is 11.6 Å². The summed E-state index contributed by atoms with van der Waals surface area (Å²) in [4.78, 5) is 11.6. The summed E-state index contributed by atoms with van der Waals surface area (Å²) in [5.41, 5.74) is -1.07. The summed E-state index contributed by atoms with van der Waals surface area (Å²) >= 11 is 5.57. The molecule has 0 N–H and O–H groups in total. The molecule has 0 saturated carbocycles. The molecule has 6 heteroatoms. The standard InChI is InChI=1S/C11H10ClF3O2/c1-6(12)10(16)8-5-7(11(13,14)15)3-4-9(8)17-2/h3-6H,1-2H3. The molecule has 1 rings (SSSR count). The van der Waals surface area contributed by atoms with E-state index in [4.69, 9.17) is 16.3 Å². The quantitative estimate of drug-likeness (QED) is 0.618. The molecule has 0 heterocycles. The average molecular weight is 267 g/mol. The van der Waals surface area contributed by atoms with E-state index >= 15 is 0 Å². The molecule has 0 aliphatic carbocycles. The lowest BCUT2D eigenvalue weighted by atomic mass is 10.0. The highest BCUT2D eigenvalue weighted by Crippen LogP contribution is 2.33. The zero-order valence-corrected chi connectivity index (χ0v) is 9.89. The van der Waals surface area contributed by atoms with Crippen molar-refractivity contribution in [2.45, 2.75) is 18.5 Å². The van der Waals surface area contributed by atoms with Gasteiger partial charge in [0.25, 0.3) is 0 Å². The number of alkyl halides is 4. The molecule has 0 bridgehead atoms. The molecule has 0 saturated heterocycles. The van der Waals surface area contributed by atoms with Crippen LogP contribution in [0.15, 0.2) is 18.2 Å². The number of carbonyl (C=O) groups is 1. The topological polar surface area (TPSA) is 26.3 Å². The molecule has 0 aliphatic heterocycles. The van der Waals surface area contributed by atoms with E-state index in [1.54, 1.807) is 0 Å². The van der Waals surface area contributed by atoms with Crippen molar-refractivity contribution in [3.8, 4) is 5.75 Å². The predicted molar refractivity (Wildman–Crippen MR) is 57.6 cm³/mol. The Morgan fingerprint density at radius 2 is 2.00 bits per heavy atom. The van der Waals surface area contributed by atoms with Crippen LogP contribution in [0.1, 0.15) is 22.8 Å². The number of ether oxygens (including phenoxy) is 1. The summed E-state index contributed by atoms with van der Waals surface area (Å²) in [6, 6.07) is 2.71. The lowest BCUT2D eigenvalue weighted by Crippen LogP contribution is -2.14. The van der Waals surface area contributed by atoms with Crippen LogP contribution in [0, 0.1) is 0 Å². The maximum Gasteiger partial charge on any atom is 0.416 e. The van der Waals surface area contributed by atoms with E-state index in [-0.39, 0.29) is 11.3 Å². The highest BCUT2D eigenvalue weighted by Gasteiger charge is 2.32. The summed E-state index contributed by atoms with van der Waals surface area (Å²) in [6.45, 7) is 1.39. The van der Waals surface area contributed by atoms with Crippen LogP contribution in [0.25, 0.3) is 0 Å². The molecule has 0 aromatic heterocycles. The van der Waals surface area contributed by atoms with Crippen molar-refractivity contribution in [1.29, 1.82) is 0 Å². The summed E-state index contributed by atoms with van der Waals surface area (Å²) in [6.07, 6.45) is -4.50. The number of Topliss-reactive ketones (excluding diaryl/α,β-unsaturated/α-hetero) is 1. The first-order valence-electron chi connectivity index (χ1n) is 4.71. The van der Waals surface area contributed by atoms with Gasteiger partial charge < -0.3 is 4.74 Å². The van der Waals surface area contributed by atoms with Crippen LogP contribution >= 0.6 is 11.6 Å². The molecule has 2 nitrogen and oxygen atoms in total. The molecule has 0 aliphatic rings. The van der Waals surface area contributed by atoms with Crippen molar-refractivity contribution in [2.24, 2.45) is 0 Å². The number of ketones is 1. The van der Waals surface area contributed by atoms with Crippen LogP contribution in [0.4, 0.5) is 13.2 Å². The number of carbonyl (C=O) groups excluding carboxylic acids is 1. The van der Waals surface area contributed by atoms with Crippen LogP contribution in [-0.2, 0) is 6.18 Å². The fourth-order valence-electron chi connectivity index (χ4n) is 1.29. The first-order chi connectivity index (χ1) is 7.77. The predicted octanol–water partition coefficient (Wildman–Crippen LogP) is 3.52. The molecular weight excluding hydrogens is 257 g/mol. The number of hydrogen-bond acceptors (Lipinski definition) is 2. The molecule has 1 aromatic rings. The van der Waals surface area contributed by atoms with Gasteiger partial charge in [0.05, 0.1) is 23.6 Å². The Kier molecular flexibility index (Phi) is 4.03. The Balaban J connectivity index is 3.30. The second-order valence-corrected chi connectivity index (χ2v) is 4.05. The Bertz CT molecular complexity index is 427. The summed E-state index contributed by atoms with van der Waals surface area (Å²) in [5, 5.41) is -0.910. The molecule has 1 atom stereocenters. The van der Waals surface area contributed by atoms with Gasteiger partial charge in [-0.05, 0) is 25.1 Å². The van der Waals surface area contributed by atoms with E-state index in [2.05, 4.69) is 0 Å². The molecule has 0 radical (unpaired) electrons. The summed E-state index contributed by atoms with van der Waals surface area (Å²) < 4.78 is 42.3. The monoisotopic (exact) mass is 266 g/mol. The number of hydrogen-bond donors (Lipinski definition) is 0. The van der Waals surface area contributed by atoms with Crippen LogP contribution < -0.4 is 4.74 Å². The summed E-state index contributed by atoms with van der Waals surface area (Å²) in [5.74, 6) is -0.523. The van der Waals surface area contributed by atoms with E-state index in [1.807, 2.05) is 0 Å². The van der Waals surface area contributed by atoms with E-state index in [9.17, 15) is 18.0 Å². The van der Waals surface area contributed by atoms with Crippen molar-refractivity contribution < 1.29 is 22.7 Å². The van der Waals surface area contributed by atoms with Crippen molar-refractivity contribution in [1.82, 2.24) is 0 Å². The van der Waals surface area contributed by atoms with Crippen molar-refractivity contribution in [3.63, 3.8) is 0 Å². The van der Waals surface area contributed by atoms with Crippen molar-refractivity contribution in [2.75, 3.05) is 7.11 Å². The van der Waals surface area contributed by atoms with Gasteiger partial charge in [-0.2, -0.15) is 13.2 Å². The molecule has 1 unspecified atom stereocenters. The Hall–Kier alpha value is -1.23. The normalized spacial score (nSPS) is 13.3. The van der Waals surface area contributed by atoms with E-state index in [0.717, 1.165) is 18.2 Å². The van der Waals surface area contributed by atoms with Gasteiger partial charge in [-0.3, -0.25) is 4.79 Å². The third kappa shape index (κ3) is 3.12. The van der Waals surface area contributed by atoms with Gasteiger partial charge >= 0.3 is 6.18 Å². The van der Waals surface area contributed by atoms with E-state index < -0.39 is 22.9 Å². The molecule has 0 fully saturated rings. The minimum Gasteiger partial charge on any atom is -0.496 e. The largest absolute Gasteiger partial charge is 0.496 e. The van der Waals surface area contributed by atoms with Crippen LogP contribution in [0.3, 0.4) is 0 Å². The second-order valence-electron chi connectivity index (χ2n) is 3.39. The molecule has 94 valence electrons. The third-order valence-electron chi connectivity index (χ3n) is 2.15. The average Bonchev–Trinajstić information content (AvgIpc) is 2.25. The maximum atomic E-state index is 12.5. The zero-order chi connectivity index (χ0) is 13.2. The Labute approximate surface area is 101 Å². The maximum absolute atomic E-state index is 12.5. The van der Waals surface area contributed by atoms with Gasteiger partial charge in [0.2, 0.25) is 0 Å². The lowest BCUT2D eigenvalue weighted by molar-refractivity contribution is -0.137. The lowest BCUT2D eigenvalue weighted by Gasteiger charge is -2.12. The minimum atomic E-state index is -4.50. The zero-order valence-electron chi connectivity index (χ0n) is 9.14. The van der Waals surface area contributed by atoms with Gasteiger partial charge in [-0.25, -0.2) is 0 Å². The first-order valence-corrected chi connectivity index (χ1v) is 5.14. The highest BCUT2D eigenvalue weighted by atomic mass is 35.5. The SMILES string of the molecule is COc1ccc(C(F)(F)F)cc1C(=O)C(C)Cl. The van der Waals surface area contributed by atoms with Gasteiger partial charge in [-0.1, -0.05) is 0 Å². The van der Waals surface area contributed by atoms with Crippen LogP contribution in [0.2, 0.25) is 0 Å². The van der Waals surface area contributed by atoms with Gasteiger partial charge in [0.1, 0.15) is 5.75 Å². The van der Waals surface area contributed by atoms with Crippen molar-refractivity contribution in [3.05, 3.63) is 29.3 Å². The molecule has 17 heavy (non-hydrogen) atoms. The number of benzene rings is 1. The number of methoxy groups -OCH3 is 1. The number of rotatable bonds is 3. The molecule has 1 aromatic carbocycles. The Morgan fingerprint density at radius 1 is 1.41 bits per heavy atom. The fourth-order valence-corrected chi connectivity index (χ4v) is 1.41. The third-order valence-corrected chi connectivity index (χ3v) is 2.35. The fraction of sp³-hybridized carbons (Fsp3) is 0.364. The molecular formula is C11H10ClF3O2. The highest BCUT2D eigenvalue weighted by molar-refractivity contribution is 6.33. The van der Waals surface area contributed by atoms with E-state index in [0.29, 0.717) is 0 Å². The van der Waals surface area contributed by atoms with Gasteiger partial charge in [0.15, 0.2) is 5.78 Å². The van der Waals surface area contributed by atoms with Crippen LogP contribution in [-0.4, -0.2) is 18.3 Å². The first kappa shape index (κ1) is 13.8. The summed E-state index contributed by atoms with van der Waals surface area (Å²) in [7, 11) is 1.28. The second kappa shape index (κ2) is 4.96. The minimum absolute atomic E-state index is 0.0792. The van der Waals surface area contributed by atoms with Crippen molar-refractivity contribution >= 4 is 17.4 Å². The van der Waals surface area contributed by atoms with E-state index in [1.165, 1.54) is 14.0 Å².